The summed E-state index contributed by atoms with van der Waals surface area (Å²) in [6.45, 7) is 4.21. The van der Waals surface area contributed by atoms with Gasteiger partial charge in [-0.3, -0.25) is 4.79 Å². The van der Waals surface area contributed by atoms with Gasteiger partial charge < -0.3 is 10.0 Å². The molecule has 5 heteroatoms. The van der Waals surface area contributed by atoms with Crippen LogP contribution in [0.4, 0.5) is 4.39 Å². The second kappa shape index (κ2) is 6.59. The van der Waals surface area contributed by atoms with E-state index < -0.39 is 5.82 Å². The molecule has 0 aliphatic carbocycles. The molecule has 1 rings (SSSR count). The number of phenolic OH excluding ortho intramolecular Hbond substituents is 1. The first kappa shape index (κ1) is 14.8. The Morgan fingerprint density at radius 3 is 2.72 bits per heavy atom. The largest absolute Gasteiger partial charge is 0.507 e. The van der Waals surface area contributed by atoms with Crippen LogP contribution in [0, 0.1) is 5.82 Å². The van der Waals surface area contributed by atoms with E-state index in [-0.39, 0.29) is 23.3 Å². The second-order valence-electron chi connectivity index (χ2n) is 4.30. The highest BCUT2D eigenvalue weighted by molar-refractivity contribution is 6.17. The van der Waals surface area contributed by atoms with Crippen molar-refractivity contribution >= 4 is 17.5 Å². The number of rotatable bonds is 5. The van der Waals surface area contributed by atoms with Gasteiger partial charge >= 0.3 is 0 Å². The van der Waals surface area contributed by atoms with Gasteiger partial charge in [0.25, 0.3) is 5.91 Å². The van der Waals surface area contributed by atoms with Gasteiger partial charge in [0.1, 0.15) is 11.6 Å². The minimum atomic E-state index is -0.544. The van der Waals surface area contributed by atoms with Crippen molar-refractivity contribution < 1.29 is 14.3 Å². The molecule has 0 atom stereocenters. The van der Waals surface area contributed by atoms with Crippen LogP contribution in [0.2, 0.25) is 0 Å². The van der Waals surface area contributed by atoms with Crippen LogP contribution in [-0.2, 0) is 0 Å². The molecule has 1 aromatic rings. The Balaban J connectivity index is 2.98. The van der Waals surface area contributed by atoms with Crippen LogP contribution in [-0.4, -0.2) is 34.4 Å². The summed E-state index contributed by atoms with van der Waals surface area (Å²) in [6.07, 6.45) is 0.654. The highest BCUT2D eigenvalue weighted by atomic mass is 35.5. The average molecular weight is 274 g/mol. The molecular weight excluding hydrogens is 257 g/mol. The summed E-state index contributed by atoms with van der Waals surface area (Å²) in [7, 11) is 0. The Hall–Kier alpha value is -1.29. The number of hydrogen-bond donors (Lipinski definition) is 1. The van der Waals surface area contributed by atoms with Crippen molar-refractivity contribution in [2.45, 2.75) is 26.3 Å². The summed E-state index contributed by atoms with van der Waals surface area (Å²) in [5, 5.41) is 9.62. The zero-order valence-corrected chi connectivity index (χ0v) is 11.2. The number of phenols is 1. The van der Waals surface area contributed by atoms with Gasteiger partial charge in [0.15, 0.2) is 0 Å². The first-order valence-electron chi connectivity index (χ1n) is 5.82. The predicted molar refractivity (Wildman–Crippen MR) is 69.6 cm³/mol. The van der Waals surface area contributed by atoms with Crippen molar-refractivity contribution in [3.8, 4) is 5.75 Å². The van der Waals surface area contributed by atoms with Crippen molar-refractivity contribution in [3.63, 3.8) is 0 Å². The molecule has 0 unspecified atom stereocenters. The smallest absolute Gasteiger partial charge is 0.257 e. The maximum atomic E-state index is 13.1. The van der Waals surface area contributed by atoms with Crippen LogP contribution in [0.3, 0.4) is 0 Å². The van der Waals surface area contributed by atoms with E-state index >= 15 is 0 Å². The lowest BCUT2D eigenvalue weighted by atomic mass is 10.1. The van der Waals surface area contributed by atoms with Gasteiger partial charge in [-0.15, -0.1) is 11.6 Å². The standard InChI is InChI=1S/C13H17ClFNO2/c1-9(2)16(7-3-6-14)13(18)11-8-10(15)4-5-12(11)17/h4-5,8-9,17H,3,6-7H2,1-2H3. The van der Waals surface area contributed by atoms with Crippen molar-refractivity contribution in [2.75, 3.05) is 12.4 Å². The summed E-state index contributed by atoms with van der Waals surface area (Å²) >= 11 is 5.61. The number of hydrogen-bond acceptors (Lipinski definition) is 2. The van der Waals surface area contributed by atoms with Crippen LogP contribution in [0.15, 0.2) is 18.2 Å². The molecule has 1 N–H and O–H groups in total. The van der Waals surface area contributed by atoms with Gasteiger partial charge in [0.05, 0.1) is 5.56 Å². The van der Waals surface area contributed by atoms with Gasteiger partial charge in [0, 0.05) is 18.5 Å². The maximum absolute atomic E-state index is 13.1. The SMILES string of the molecule is CC(C)N(CCCCl)C(=O)c1cc(F)ccc1O. The zero-order valence-electron chi connectivity index (χ0n) is 10.5. The third kappa shape index (κ3) is 3.60. The molecule has 1 amide bonds. The van der Waals surface area contributed by atoms with Crippen LogP contribution in [0.5, 0.6) is 5.75 Å². The zero-order chi connectivity index (χ0) is 13.7. The molecule has 0 aliphatic heterocycles. The lowest BCUT2D eigenvalue weighted by Gasteiger charge is -2.26. The Bertz CT molecular complexity index is 423. The summed E-state index contributed by atoms with van der Waals surface area (Å²) in [6, 6.07) is 3.31. The highest BCUT2D eigenvalue weighted by Crippen LogP contribution is 2.21. The second-order valence-corrected chi connectivity index (χ2v) is 4.67. The predicted octanol–water partition coefficient (Wildman–Crippen LogP) is 3.01. The number of nitrogens with zero attached hydrogens (tertiary/aromatic N) is 1. The first-order chi connectivity index (χ1) is 8.47. The van der Waals surface area contributed by atoms with Crippen LogP contribution in [0.25, 0.3) is 0 Å². The van der Waals surface area contributed by atoms with E-state index in [4.69, 9.17) is 11.6 Å². The number of alkyl halides is 1. The van der Waals surface area contributed by atoms with E-state index in [9.17, 15) is 14.3 Å². The normalized spacial score (nSPS) is 10.7. The van der Waals surface area contributed by atoms with Gasteiger partial charge in [0.2, 0.25) is 0 Å². The highest BCUT2D eigenvalue weighted by Gasteiger charge is 2.21. The molecule has 0 spiro atoms. The molecule has 18 heavy (non-hydrogen) atoms. The molecule has 0 bridgehead atoms. The lowest BCUT2D eigenvalue weighted by molar-refractivity contribution is 0.0703. The van der Waals surface area contributed by atoms with Gasteiger partial charge in [-0.2, -0.15) is 0 Å². The van der Waals surface area contributed by atoms with E-state index in [0.717, 1.165) is 12.1 Å². The fourth-order valence-electron chi connectivity index (χ4n) is 1.66. The van der Waals surface area contributed by atoms with Crippen molar-refractivity contribution in [1.82, 2.24) is 4.90 Å². The Morgan fingerprint density at radius 1 is 1.50 bits per heavy atom. The molecule has 0 saturated carbocycles. The fourth-order valence-corrected chi connectivity index (χ4v) is 1.78. The third-order valence-corrected chi connectivity index (χ3v) is 2.87. The van der Waals surface area contributed by atoms with E-state index in [1.807, 2.05) is 13.8 Å². The van der Waals surface area contributed by atoms with Gasteiger partial charge in [-0.05, 0) is 38.5 Å². The number of benzene rings is 1. The summed E-state index contributed by atoms with van der Waals surface area (Å²) in [4.78, 5) is 13.8. The summed E-state index contributed by atoms with van der Waals surface area (Å²) in [5.74, 6) is -0.687. The number of carbonyl (C=O) groups is 1. The van der Waals surface area contributed by atoms with Gasteiger partial charge in [-0.25, -0.2) is 4.39 Å². The summed E-state index contributed by atoms with van der Waals surface area (Å²) < 4.78 is 13.1. The Kier molecular flexibility index (Phi) is 5.41. The topological polar surface area (TPSA) is 40.5 Å². The maximum Gasteiger partial charge on any atom is 0.257 e. The van der Waals surface area contributed by atoms with E-state index in [0.29, 0.717) is 18.8 Å². The summed E-state index contributed by atoms with van der Waals surface area (Å²) in [5.41, 5.74) is -0.0155. The monoisotopic (exact) mass is 273 g/mol. The van der Waals surface area contributed by atoms with Crippen LogP contribution >= 0.6 is 11.6 Å². The molecule has 0 radical (unpaired) electrons. The molecule has 0 saturated heterocycles. The molecule has 0 fully saturated rings. The molecule has 0 aromatic heterocycles. The van der Waals surface area contributed by atoms with Crippen molar-refractivity contribution in [1.29, 1.82) is 0 Å². The van der Waals surface area contributed by atoms with E-state index in [2.05, 4.69) is 0 Å². The fraction of sp³-hybridized carbons (Fsp3) is 0.462. The van der Waals surface area contributed by atoms with Crippen LogP contribution < -0.4 is 0 Å². The average Bonchev–Trinajstić information content (AvgIpc) is 2.32. The van der Waals surface area contributed by atoms with Crippen molar-refractivity contribution in [2.24, 2.45) is 0 Å². The first-order valence-corrected chi connectivity index (χ1v) is 6.36. The number of aromatic hydroxyl groups is 1. The quantitative estimate of drug-likeness (QED) is 0.838. The number of carbonyl (C=O) groups excluding carboxylic acids is 1. The van der Waals surface area contributed by atoms with Gasteiger partial charge in [-0.1, -0.05) is 0 Å². The van der Waals surface area contributed by atoms with Crippen molar-refractivity contribution in [3.05, 3.63) is 29.6 Å². The number of halogens is 2. The minimum absolute atomic E-state index is 0.0155. The van der Waals surface area contributed by atoms with E-state index in [1.54, 1.807) is 4.90 Å². The minimum Gasteiger partial charge on any atom is -0.507 e. The Morgan fingerprint density at radius 2 is 2.17 bits per heavy atom. The molecule has 100 valence electrons. The Labute approximate surface area is 111 Å². The molecular formula is C13H17ClFNO2. The number of amides is 1. The lowest BCUT2D eigenvalue weighted by Crippen LogP contribution is -2.38. The molecule has 3 nitrogen and oxygen atoms in total. The molecule has 1 aromatic carbocycles. The van der Waals surface area contributed by atoms with Crippen LogP contribution in [0.1, 0.15) is 30.6 Å². The van der Waals surface area contributed by atoms with E-state index in [1.165, 1.54) is 6.07 Å². The molecule has 0 aliphatic rings. The molecule has 0 heterocycles. The third-order valence-electron chi connectivity index (χ3n) is 2.61.